The number of aromatic nitrogens is 1. The van der Waals surface area contributed by atoms with E-state index in [4.69, 9.17) is 4.74 Å². The van der Waals surface area contributed by atoms with Crippen LogP contribution in [0.15, 0.2) is 56.7 Å². The van der Waals surface area contributed by atoms with Crippen molar-refractivity contribution in [1.82, 2.24) is 13.8 Å². The van der Waals surface area contributed by atoms with Crippen LogP contribution in [0.2, 0.25) is 0 Å². The van der Waals surface area contributed by atoms with Crippen molar-refractivity contribution >= 4 is 48.6 Å². The molecule has 32 heavy (non-hydrogen) atoms. The van der Waals surface area contributed by atoms with E-state index in [2.05, 4.69) is 45.8 Å². The first-order valence-corrected chi connectivity index (χ1v) is 13.8. The molecule has 1 aliphatic heterocycles. The Morgan fingerprint density at radius 2 is 1.81 bits per heavy atom. The summed E-state index contributed by atoms with van der Waals surface area (Å²) in [6, 6.07) is 13.0. The van der Waals surface area contributed by atoms with Gasteiger partial charge in [-0.05, 0) is 71.2 Å². The van der Waals surface area contributed by atoms with Gasteiger partial charge in [-0.15, -0.1) is 11.8 Å². The van der Waals surface area contributed by atoms with E-state index in [1.54, 1.807) is 37.1 Å². The molecule has 2 aromatic carbocycles. The average Bonchev–Trinajstić information content (AvgIpc) is 3.13. The zero-order valence-corrected chi connectivity index (χ0v) is 21.8. The summed E-state index contributed by atoms with van der Waals surface area (Å²) in [5.74, 6) is 1.57. The summed E-state index contributed by atoms with van der Waals surface area (Å²) in [5, 5.41) is 0.945. The van der Waals surface area contributed by atoms with Crippen LogP contribution in [-0.2, 0) is 16.6 Å². The lowest BCUT2D eigenvalue weighted by atomic mass is 10.2. The molecular formula is C23H28BrN3O3S2. The minimum atomic E-state index is -3.82. The lowest BCUT2D eigenvalue weighted by Crippen LogP contribution is -2.44. The molecule has 0 N–H and O–H groups in total. The largest absolute Gasteiger partial charge is 0.497 e. The maximum absolute atomic E-state index is 13.9. The minimum absolute atomic E-state index is 0.224. The molecule has 3 aromatic rings. The Hall–Kier alpha value is -1.52. The van der Waals surface area contributed by atoms with Gasteiger partial charge in [-0.3, -0.25) is 4.90 Å². The van der Waals surface area contributed by atoms with Gasteiger partial charge >= 0.3 is 0 Å². The summed E-state index contributed by atoms with van der Waals surface area (Å²) in [5.41, 5.74) is 1.49. The van der Waals surface area contributed by atoms with Crippen LogP contribution in [0.4, 0.5) is 0 Å². The van der Waals surface area contributed by atoms with E-state index >= 15 is 0 Å². The Morgan fingerprint density at radius 3 is 2.47 bits per heavy atom. The van der Waals surface area contributed by atoms with Crippen molar-refractivity contribution in [1.29, 1.82) is 0 Å². The van der Waals surface area contributed by atoms with Crippen molar-refractivity contribution in [3.05, 3.63) is 52.6 Å². The molecule has 0 unspecified atom stereocenters. The second-order valence-electron chi connectivity index (χ2n) is 7.93. The average molecular weight is 539 g/mol. The SMILES string of the molecule is CCSc1ccc2c(c1)cc(CN1CCN(C)CC1)n2S(=O)(=O)c1ccc(OC)cc1Br. The summed E-state index contributed by atoms with van der Waals surface area (Å²) in [4.78, 5) is 5.99. The number of halogens is 1. The topological polar surface area (TPSA) is 54.8 Å². The van der Waals surface area contributed by atoms with Crippen LogP contribution in [0.5, 0.6) is 5.75 Å². The highest BCUT2D eigenvalue weighted by atomic mass is 79.9. The number of thioether (sulfide) groups is 1. The number of likely N-dealkylation sites (N-methyl/N-ethyl adjacent to an activating group) is 1. The maximum atomic E-state index is 13.9. The van der Waals surface area contributed by atoms with Gasteiger partial charge in [0.2, 0.25) is 0 Å². The molecule has 1 saturated heterocycles. The molecule has 1 fully saturated rings. The van der Waals surface area contributed by atoms with E-state index < -0.39 is 10.0 Å². The Kier molecular flexibility index (Phi) is 7.21. The minimum Gasteiger partial charge on any atom is -0.497 e. The van der Waals surface area contributed by atoms with Gasteiger partial charge in [0.1, 0.15) is 10.6 Å². The van der Waals surface area contributed by atoms with Crippen LogP contribution >= 0.6 is 27.7 Å². The third-order valence-electron chi connectivity index (χ3n) is 5.75. The van der Waals surface area contributed by atoms with Crippen molar-refractivity contribution in [2.24, 2.45) is 0 Å². The monoisotopic (exact) mass is 537 g/mol. The van der Waals surface area contributed by atoms with Crippen LogP contribution in [0.3, 0.4) is 0 Å². The number of hydrogen-bond acceptors (Lipinski definition) is 6. The molecule has 0 atom stereocenters. The third-order valence-corrected chi connectivity index (χ3v) is 9.37. The number of rotatable bonds is 7. The highest BCUT2D eigenvalue weighted by Gasteiger charge is 2.27. The summed E-state index contributed by atoms with van der Waals surface area (Å²) in [6.07, 6.45) is 0. The van der Waals surface area contributed by atoms with Crippen molar-refractivity contribution < 1.29 is 13.2 Å². The molecule has 0 radical (unpaired) electrons. The number of piperazine rings is 1. The van der Waals surface area contributed by atoms with Crippen LogP contribution in [0, 0.1) is 0 Å². The van der Waals surface area contributed by atoms with Gasteiger partial charge < -0.3 is 9.64 Å². The number of hydrogen-bond donors (Lipinski definition) is 0. The predicted molar refractivity (Wildman–Crippen MR) is 134 cm³/mol. The fourth-order valence-electron chi connectivity index (χ4n) is 4.03. The quantitative estimate of drug-likeness (QED) is 0.413. The van der Waals surface area contributed by atoms with Gasteiger partial charge in [-0.25, -0.2) is 12.4 Å². The summed E-state index contributed by atoms with van der Waals surface area (Å²) in [7, 11) is -0.142. The number of benzene rings is 2. The van der Waals surface area contributed by atoms with Gasteiger partial charge in [-0.1, -0.05) is 6.92 Å². The first-order chi connectivity index (χ1) is 15.3. The molecule has 0 saturated carbocycles. The summed E-state index contributed by atoms with van der Waals surface area (Å²) >= 11 is 5.20. The number of ether oxygens (including phenoxy) is 1. The molecule has 9 heteroatoms. The zero-order chi connectivity index (χ0) is 22.9. The lowest BCUT2D eigenvalue weighted by molar-refractivity contribution is 0.147. The molecule has 0 aliphatic carbocycles. The Bertz CT molecular complexity index is 1220. The maximum Gasteiger partial charge on any atom is 0.269 e. The van der Waals surface area contributed by atoms with Crippen molar-refractivity contribution in [2.75, 3.05) is 46.1 Å². The van der Waals surface area contributed by atoms with Crippen LogP contribution in [0.25, 0.3) is 10.9 Å². The second-order valence-corrected chi connectivity index (χ2v) is 11.9. The molecule has 1 aliphatic rings. The van der Waals surface area contributed by atoms with Gasteiger partial charge in [0.25, 0.3) is 10.0 Å². The second kappa shape index (κ2) is 9.77. The van der Waals surface area contributed by atoms with Crippen molar-refractivity contribution in [2.45, 2.75) is 23.3 Å². The molecule has 0 spiro atoms. The fourth-order valence-corrected chi connectivity index (χ4v) is 7.29. The van der Waals surface area contributed by atoms with Crippen LogP contribution in [-0.4, -0.2) is 68.3 Å². The smallest absolute Gasteiger partial charge is 0.269 e. The Morgan fingerprint density at radius 1 is 1.06 bits per heavy atom. The number of fused-ring (bicyclic) bond motifs is 1. The van der Waals surface area contributed by atoms with E-state index in [-0.39, 0.29) is 4.90 Å². The first-order valence-electron chi connectivity index (χ1n) is 10.6. The van der Waals surface area contributed by atoms with Crippen molar-refractivity contribution in [3.8, 4) is 5.75 Å². The zero-order valence-electron chi connectivity index (χ0n) is 18.5. The first kappa shape index (κ1) is 23.6. The Labute approximate surface area is 202 Å². The molecule has 2 heterocycles. The normalized spacial score (nSPS) is 16.0. The van der Waals surface area contributed by atoms with Gasteiger partial charge in [-0.2, -0.15) is 0 Å². The molecule has 4 rings (SSSR count). The van der Waals surface area contributed by atoms with Gasteiger partial charge in [0.15, 0.2) is 0 Å². The van der Waals surface area contributed by atoms with E-state index in [0.717, 1.165) is 47.9 Å². The van der Waals surface area contributed by atoms with E-state index in [0.29, 0.717) is 22.3 Å². The lowest BCUT2D eigenvalue weighted by Gasteiger charge is -2.32. The number of methoxy groups -OCH3 is 1. The van der Waals surface area contributed by atoms with E-state index in [9.17, 15) is 8.42 Å². The molecule has 6 nitrogen and oxygen atoms in total. The molecule has 1 aromatic heterocycles. The fraction of sp³-hybridized carbons (Fsp3) is 0.391. The Balaban J connectivity index is 1.83. The molecule has 172 valence electrons. The molecular weight excluding hydrogens is 510 g/mol. The summed E-state index contributed by atoms with van der Waals surface area (Å²) in [6.45, 7) is 6.50. The highest BCUT2D eigenvalue weighted by Crippen LogP contribution is 2.33. The highest BCUT2D eigenvalue weighted by molar-refractivity contribution is 9.10. The predicted octanol–water partition coefficient (Wildman–Crippen LogP) is 4.51. The third kappa shape index (κ3) is 4.72. The molecule has 0 amide bonds. The van der Waals surface area contributed by atoms with Gasteiger partial charge in [0.05, 0.1) is 12.6 Å². The van der Waals surface area contributed by atoms with E-state index in [1.807, 2.05) is 18.2 Å². The van der Waals surface area contributed by atoms with Crippen LogP contribution < -0.4 is 4.74 Å². The van der Waals surface area contributed by atoms with E-state index in [1.165, 1.54) is 3.97 Å². The van der Waals surface area contributed by atoms with Crippen LogP contribution in [0.1, 0.15) is 12.6 Å². The van der Waals surface area contributed by atoms with Gasteiger partial charge in [0, 0.05) is 53.2 Å². The standard InChI is InChI=1S/C23H28BrN3O3S2/c1-4-31-20-6-7-22-17(14-20)13-18(16-26-11-9-25(2)10-12-26)27(22)32(28,29)23-8-5-19(30-3)15-21(23)24/h5-8,13-15H,4,9-12,16H2,1-3H3. The number of nitrogens with zero attached hydrogens (tertiary/aromatic N) is 3. The summed E-state index contributed by atoms with van der Waals surface area (Å²) < 4.78 is 35.1. The molecule has 0 bridgehead atoms. The van der Waals surface area contributed by atoms with Crippen molar-refractivity contribution in [3.63, 3.8) is 0 Å².